The molecule has 0 fully saturated rings. The summed E-state index contributed by atoms with van der Waals surface area (Å²) >= 11 is 5.87. The molecule has 1 rings (SSSR count). The van der Waals surface area contributed by atoms with E-state index in [1.807, 2.05) is 20.8 Å². The molecule has 6 nitrogen and oxygen atoms in total. The number of rotatable bonds is 7. The van der Waals surface area contributed by atoms with Crippen LogP contribution < -0.4 is 4.74 Å². The van der Waals surface area contributed by atoms with E-state index in [2.05, 4.69) is 4.98 Å². The second-order valence-electron chi connectivity index (χ2n) is 6.51. The van der Waals surface area contributed by atoms with E-state index in [0.717, 1.165) is 5.56 Å². The van der Waals surface area contributed by atoms with Gasteiger partial charge in [-0.25, -0.2) is 9.78 Å². The van der Waals surface area contributed by atoms with E-state index in [1.165, 1.54) is 14.0 Å². The van der Waals surface area contributed by atoms with Crippen LogP contribution in [0.15, 0.2) is 12.1 Å². The largest absolute Gasteiger partial charge is 0.481 e. The lowest BCUT2D eigenvalue weighted by Crippen LogP contribution is -2.37. The average molecular weight is 357 g/mol. The van der Waals surface area contributed by atoms with Gasteiger partial charge in [-0.05, 0) is 46.2 Å². The van der Waals surface area contributed by atoms with E-state index in [1.54, 1.807) is 17.0 Å². The number of carbonyl (C=O) groups excluding carboxylic acids is 2. The Morgan fingerprint density at radius 3 is 2.50 bits per heavy atom. The number of aromatic nitrogens is 1. The Morgan fingerprint density at radius 1 is 1.29 bits per heavy atom. The van der Waals surface area contributed by atoms with Gasteiger partial charge < -0.3 is 19.2 Å². The lowest BCUT2D eigenvalue weighted by Gasteiger charge is -2.27. The first-order chi connectivity index (χ1) is 11.1. The standard InChI is InChI=1S/C17H25ClN2O4/c1-12(21)7-6-10-20(16(22)24-17(2,3)4)11-13-8-9-14(18)19-15(13)23-5/h8-9H,6-7,10-11H2,1-5H3. The number of hydrogen-bond donors (Lipinski definition) is 0. The number of nitrogens with zero attached hydrogens (tertiary/aromatic N) is 2. The lowest BCUT2D eigenvalue weighted by molar-refractivity contribution is -0.117. The van der Waals surface area contributed by atoms with Gasteiger partial charge in [-0.3, -0.25) is 0 Å². The van der Waals surface area contributed by atoms with Crippen molar-refractivity contribution in [1.82, 2.24) is 9.88 Å². The van der Waals surface area contributed by atoms with Crippen LogP contribution in [-0.4, -0.2) is 41.0 Å². The Balaban J connectivity index is 2.91. The zero-order valence-corrected chi connectivity index (χ0v) is 15.6. The molecule has 24 heavy (non-hydrogen) atoms. The number of ketones is 1. The quantitative estimate of drug-likeness (QED) is 0.694. The van der Waals surface area contributed by atoms with E-state index >= 15 is 0 Å². The summed E-state index contributed by atoms with van der Waals surface area (Å²) < 4.78 is 10.7. The van der Waals surface area contributed by atoms with Crippen LogP contribution in [0.2, 0.25) is 5.15 Å². The highest BCUT2D eigenvalue weighted by Crippen LogP contribution is 2.21. The summed E-state index contributed by atoms with van der Waals surface area (Å²) in [5.41, 5.74) is 0.119. The van der Waals surface area contributed by atoms with Crippen molar-refractivity contribution in [3.63, 3.8) is 0 Å². The zero-order chi connectivity index (χ0) is 18.3. The smallest absolute Gasteiger partial charge is 0.410 e. The number of methoxy groups -OCH3 is 1. The van der Waals surface area contributed by atoms with Crippen LogP contribution in [0.4, 0.5) is 4.79 Å². The van der Waals surface area contributed by atoms with Crippen LogP contribution in [0, 0.1) is 0 Å². The zero-order valence-electron chi connectivity index (χ0n) is 14.9. The predicted octanol–water partition coefficient (Wildman–Crippen LogP) is 3.85. The monoisotopic (exact) mass is 356 g/mol. The first-order valence-corrected chi connectivity index (χ1v) is 8.17. The Hall–Kier alpha value is -1.82. The highest BCUT2D eigenvalue weighted by molar-refractivity contribution is 6.29. The number of halogens is 1. The van der Waals surface area contributed by atoms with E-state index in [-0.39, 0.29) is 12.3 Å². The Kier molecular flexibility index (Phi) is 7.48. The second kappa shape index (κ2) is 8.87. The van der Waals surface area contributed by atoms with Crippen LogP contribution in [0.1, 0.15) is 46.1 Å². The molecular formula is C17H25ClN2O4. The normalized spacial score (nSPS) is 11.1. The number of pyridine rings is 1. The molecule has 0 bridgehead atoms. The van der Waals surface area contributed by atoms with E-state index in [9.17, 15) is 9.59 Å². The topological polar surface area (TPSA) is 68.7 Å². The van der Waals surface area contributed by atoms with Crippen LogP contribution in [0.3, 0.4) is 0 Å². The van der Waals surface area contributed by atoms with Gasteiger partial charge in [0.2, 0.25) is 5.88 Å². The van der Waals surface area contributed by atoms with Gasteiger partial charge in [-0.2, -0.15) is 0 Å². The number of ether oxygens (including phenoxy) is 2. The van der Waals surface area contributed by atoms with Crippen molar-refractivity contribution in [2.75, 3.05) is 13.7 Å². The number of carbonyl (C=O) groups is 2. The molecule has 0 N–H and O–H groups in total. The molecule has 0 aliphatic heterocycles. The van der Waals surface area contributed by atoms with Gasteiger partial charge in [-0.1, -0.05) is 11.6 Å². The molecule has 1 amide bonds. The number of Topliss-reactive ketones (excluding diaryl/α,β-unsaturated/α-hetero) is 1. The summed E-state index contributed by atoms with van der Waals surface area (Å²) in [5.74, 6) is 0.451. The Labute approximate surface area is 148 Å². The van der Waals surface area contributed by atoms with Gasteiger partial charge in [-0.15, -0.1) is 0 Å². The fourth-order valence-corrected chi connectivity index (χ4v) is 2.17. The molecule has 0 radical (unpaired) electrons. The fraction of sp³-hybridized carbons (Fsp3) is 0.588. The molecule has 0 saturated heterocycles. The van der Waals surface area contributed by atoms with Gasteiger partial charge in [0, 0.05) is 18.5 Å². The van der Waals surface area contributed by atoms with Crippen molar-refractivity contribution >= 4 is 23.5 Å². The predicted molar refractivity (Wildman–Crippen MR) is 92.4 cm³/mol. The average Bonchev–Trinajstić information content (AvgIpc) is 2.45. The molecule has 0 spiro atoms. The van der Waals surface area contributed by atoms with Gasteiger partial charge in [0.15, 0.2) is 0 Å². The van der Waals surface area contributed by atoms with Crippen molar-refractivity contribution in [2.45, 2.75) is 52.7 Å². The van der Waals surface area contributed by atoms with Crippen LogP contribution in [0.25, 0.3) is 0 Å². The summed E-state index contributed by atoms with van der Waals surface area (Å²) in [6.45, 7) is 7.62. The van der Waals surface area contributed by atoms with E-state index in [4.69, 9.17) is 21.1 Å². The third-order valence-electron chi connectivity index (χ3n) is 3.07. The van der Waals surface area contributed by atoms with Gasteiger partial charge in [0.25, 0.3) is 0 Å². The minimum atomic E-state index is -0.599. The SMILES string of the molecule is COc1nc(Cl)ccc1CN(CCCC(C)=O)C(=O)OC(C)(C)C. The van der Waals surface area contributed by atoms with Gasteiger partial charge in [0.1, 0.15) is 16.5 Å². The van der Waals surface area contributed by atoms with Crippen molar-refractivity contribution < 1.29 is 19.1 Å². The first kappa shape index (κ1) is 20.2. The summed E-state index contributed by atoms with van der Waals surface area (Å²) in [4.78, 5) is 29.2. The van der Waals surface area contributed by atoms with E-state index < -0.39 is 11.7 Å². The molecule has 0 unspecified atom stereocenters. The highest BCUT2D eigenvalue weighted by atomic mass is 35.5. The number of amides is 1. The Morgan fingerprint density at radius 2 is 1.96 bits per heavy atom. The van der Waals surface area contributed by atoms with Crippen molar-refractivity contribution in [2.24, 2.45) is 0 Å². The van der Waals surface area contributed by atoms with Crippen molar-refractivity contribution in [1.29, 1.82) is 0 Å². The molecule has 0 atom stereocenters. The molecule has 0 saturated carbocycles. The van der Waals surface area contributed by atoms with Gasteiger partial charge >= 0.3 is 6.09 Å². The van der Waals surface area contributed by atoms with E-state index in [0.29, 0.717) is 30.4 Å². The second-order valence-corrected chi connectivity index (χ2v) is 6.90. The maximum atomic E-state index is 12.4. The third kappa shape index (κ3) is 7.17. The maximum Gasteiger partial charge on any atom is 0.410 e. The summed E-state index contributed by atoms with van der Waals surface area (Å²) in [5, 5.41) is 0.316. The molecule has 134 valence electrons. The molecule has 7 heteroatoms. The molecule has 0 aromatic carbocycles. The van der Waals surface area contributed by atoms with Crippen LogP contribution in [-0.2, 0) is 16.1 Å². The number of hydrogen-bond acceptors (Lipinski definition) is 5. The maximum absolute atomic E-state index is 12.4. The van der Waals surface area contributed by atoms with Crippen LogP contribution >= 0.6 is 11.6 Å². The molecule has 1 aromatic heterocycles. The molecule has 0 aliphatic rings. The fourth-order valence-electron chi connectivity index (χ4n) is 2.03. The van der Waals surface area contributed by atoms with Crippen molar-refractivity contribution in [3.05, 3.63) is 22.8 Å². The van der Waals surface area contributed by atoms with Gasteiger partial charge in [0.05, 0.1) is 13.7 Å². The Bertz CT molecular complexity index is 584. The summed E-state index contributed by atoms with van der Waals surface area (Å²) in [6.07, 6.45) is 0.538. The molecule has 1 heterocycles. The third-order valence-corrected chi connectivity index (χ3v) is 3.28. The molecule has 0 aliphatic carbocycles. The highest BCUT2D eigenvalue weighted by Gasteiger charge is 2.23. The summed E-state index contributed by atoms with van der Waals surface area (Å²) in [7, 11) is 1.50. The minimum absolute atomic E-state index is 0.0879. The minimum Gasteiger partial charge on any atom is -0.481 e. The molecule has 1 aromatic rings. The lowest BCUT2D eigenvalue weighted by atomic mass is 10.2. The van der Waals surface area contributed by atoms with Crippen molar-refractivity contribution in [3.8, 4) is 5.88 Å². The summed E-state index contributed by atoms with van der Waals surface area (Å²) in [6, 6.07) is 3.40. The first-order valence-electron chi connectivity index (χ1n) is 7.79. The van der Waals surface area contributed by atoms with Crippen LogP contribution in [0.5, 0.6) is 5.88 Å². The molecular weight excluding hydrogens is 332 g/mol.